The van der Waals surface area contributed by atoms with E-state index in [4.69, 9.17) is 4.98 Å². The molecule has 0 aliphatic heterocycles. The summed E-state index contributed by atoms with van der Waals surface area (Å²) in [5.74, 6) is -0.0969. The number of amides is 1. The Morgan fingerprint density at radius 2 is 1.88 bits per heavy atom. The largest absolute Gasteiger partial charge is 0.508 e. The molecule has 6 aromatic rings. The number of H-pyrrole nitrogens is 2. The fourth-order valence-electron chi connectivity index (χ4n) is 5.46. The van der Waals surface area contributed by atoms with Crippen molar-refractivity contribution < 1.29 is 14.3 Å². The Morgan fingerprint density at radius 1 is 1.00 bits per heavy atom. The highest BCUT2D eigenvalue weighted by atomic mass is 19.1. The van der Waals surface area contributed by atoms with Gasteiger partial charge in [-0.25, -0.2) is 14.4 Å². The van der Waals surface area contributed by atoms with Gasteiger partial charge in [-0.2, -0.15) is 5.10 Å². The first-order valence-electron chi connectivity index (χ1n) is 13.1. The van der Waals surface area contributed by atoms with Crippen LogP contribution in [-0.4, -0.2) is 41.1 Å². The minimum Gasteiger partial charge on any atom is -0.508 e. The van der Waals surface area contributed by atoms with E-state index in [1.54, 1.807) is 24.7 Å². The van der Waals surface area contributed by atoms with Crippen molar-refractivity contribution in [2.24, 2.45) is 5.92 Å². The average Bonchev–Trinajstić information content (AvgIpc) is 3.71. The van der Waals surface area contributed by atoms with Gasteiger partial charge in [-0.05, 0) is 60.4 Å². The number of benzene rings is 2. The normalized spacial score (nSPS) is 13.8. The van der Waals surface area contributed by atoms with Gasteiger partial charge in [-0.1, -0.05) is 18.9 Å². The number of carbonyl (C=O) groups is 1. The molecule has 0 saturated heterocycles. The molecule has 0 unspecified atom stereocenters. The van der Waals surface area contributed by atoms with Gasteiger partial charge in [-0.3, -0.25) is 14.9 Å². The van der Waals surface area contributed by atoms with Crippen LogP contribution in [0.15, 0.2) is 67.1 Å². The maximum Gasteiger partial charge on any atom is 0.227 e. The SMILES string of the molecule is O=C(Nc1cncc(-c2ccc3[nH]nc(-c4nc5c(-c6cc(O)cc(F)c6)ccnc5[nH]4)c3c2)c1)C1CCCC1. The molecule has 9 nitrogen and oxygen atoms in total. The molecule has 0 radical (unpaired) electrons. The zero-order chi connectivity index (χ0) is 27.2. The van der Waals surface area contributed by atoms with Gasteiger partial charge in [0, 0.05) is 40.9 Å². The summed E-state index contributed by atoms with van der Waals surface area (Å²) in [7, 11) is 0. The van der Waals surface area contributed by atoms with E-state index in [-0.39, 0.29) is 17.6 Å². The molecule has 10 heteroatoms. The standard InChI is InChI=1S/C30H24FN7O2/c31-20-9-18(11-22(39)13-20)23-7-8-33-28-26(23)35-29(36-28)27-24-12-17(5-6-25(24)37-38-27)19-10-21(15-32-14-19)34-30(40)16-3-1-2-4-16/h5-16,39H,1-4H2,(H,34,40)(H,37,38)(H,33,35,36). The van der Waals surface area contributed by atoms with E-state index in [2.05, 4.69) is 30.5 Å². The number of carbonyl (C=O) groups excluding carboxylic acids is 1. The van der Waals surface area contributed by atoms with Crippen molar-refractivity contribution in [2.75, 3.05) is 5.32 Å². The summed E-state index contributed by atoms with van der Waals surface area (Å²) in [6.45, 7) is 0. The smallest absolute Gasteiger partial charge is 0.227 e. The fraction of sp³-hybridized carbons (Fsp3) is 0.167. The van der Waals surface area contributed by atoms with Crippen molar-refractivity contribution in [1.29, 1.82) is 0 Å². The minimum atomic E-state index is -0.543. The molecular weight excluding hydrogens is 509 g/mol. The third-order valence-electron chi connectivity index (χ3n) is 7.43. The first-order valence-corrected chi connectivity index (χ1v) is 13.1. The van der Waals surface area contributed by atoms with E-state index >= 15 is 0 Å². The number of phenols is 1. The summed E-state index contributed by atoms with van der Waals surface area (Å²) in [6.07, 6.45) is 9.09. The van der Waals surface area contributed by atoms with Gasteiger partial charge >= 0.3 is 0 Å². The van der Waals surface area contributed by atoms with Gasteiger partial charge in [0.05, 0.1) is 17.4 Å². The minimum absolute atomic E-state index is 0.0512. The number of nitrogens with one attached hydrogen (secondary N) is 3. The molecule has 0 bridgehead atoms. The maximum absolute atomic E-state index is 14.0. The van der Waals surface area contributed by atoms with Crippen LogP contribution in [0.1, 0.15) is 25.7 Å². The highest BCUT2D eigenvalue weighted by molar-refractivity contribution is 5.98. The van der Waals surface area contributed by atoms with Gasteiger partial charge < -0.3 is 15.4 Å². The zero-order valence-electron chi connectivity index (χ0n) is 21.3. The number of hydrogen-bond donors (Lipinski definition) is 4. The molecule has 0 atom stereocenters. The molecular formula is C30H24FN7O2. The molecule has 1 fully saturated rings. The molecule has 40 heavy (non-hydrogen) atoms. The maximum atomic E-state index is 14.0. The van der Waals surface area contributed by atoms with Crippen molar-refractivity contribution in [3.63, 3.8) is 0 Å². The summed E-state index contributed by atoms with van der Waals surface area (Å²) in [5.41, 5.74) is 6.02. The number of anilines is 1. The fourth-order valence-corrected chi connectivity index (χ4v) is 5.46. The Kier molecular flexibility index (Phi) is 5.73. The predicted octanol–water partition coefficient (Wildman–Crippen LogP) is 6.20. The third-order valence-corrected chi connectivity index (χ3v) is 7.43. The lowest BCUT2D eigenvalue weighted by molar-refractivity contribution is -0.119. The van der Waals surface area contributed by atoms with Crippen molar-refractivity contribution >= 4 is 33.7 Å². The second-order valence-corrected chi connectivity index (χ2v) is 10.1. The Hall–Kier alpha value is -5.12. The van der Waals surface area contributed by atoms with Crippen LogP contribution < -0.4 is 5.32 Å². The average molecular weight is 534 g/mol. The predicted molar refractivity (Wildman–Crippen MR) is 150 cm³/mol. The number of phenolic OH excluding ortho intramolecular Hbond substituents is 1. The van der Waals surface area contributed by atoms with Crippen LogP contribution in [0, 0.1) is 11.7 Å². The van der Waals surface area contributed by atoms with Crippen LogP contribution in [0.3, 0.4) is 0 Å². The topological polar surface area (TPSA) is 132 Å². The summed E-state index contributed by atoms with van der Waals surface area (Å²) >= 11 is 0. The molecule has 1 aliphatic carbocycles. The van der Waals surface area contributed by atoms with Crippen LogP contribution in [0.4, 0.5) is 10.1 Å². The molecule has 7 rings (SSSR count). The molecule has 1 saturated carbocycles. The van der Waals surface area contributed by atoms with Gasteiger partial charge in [-0.15, -0.1) is 0 Å². The summed E-state index contributed by atoms with van der Waals surface area (Å²) in [6, 6.07) is 13.4. The van der Waals surface area contributed by atoms with Crippen LogP contribution in [0.2, 0.25) is 0 Å². The Balaban J connectivity index is 1.25. The van der Waals surface area contributed by atoms with Crippen LogP contribution in [-0.2, 0) is 4.79 Å². The number of pyridine rings is 2. The van der Waals surface area contributed by atoms with Gasteiger partial charge in [0.2, 0.25) is 5.91 Å². The molecule has 1 amide bonds. The van der Waals surface area contributed by atoms with Crippen LogP contribution >= 0.6 is 0 Å². The molecule has 198 valence electrons. The number of hydrogen-bond acceptors (Lipinski definition) is 6. The number of halogens is 1. The molecule has 2 aromatic carbocycles. The molecule has 1 aliphatic rings. The molecule has 4 heterocycles. The summed E-state index contributed by atoms with van der Waals surface area (Å²) in [5, 5.41) is 21.3. The van der Waals surface area contributed by atoms with Crippen molar-refractivity contribution in [1.82, 2.24) is 30.1 Å². The van der Waals surface area contributed by atoms with E-state index < -0.39 is 5.82 Å². The monoisotopic (exact) mass is 533 g/mol. The summed E-state index contributed by atoms with van der Waals surface area (Å²) < 4.78 is 14.0. The number of fused-ring (bicyclic) bond motifs is 2. The molecule has 4 N–H and O–H groups in total. The van der Waals surface area contributed by atoms with Crippen molar-refractivity contribution in [3.05, 3.63) is 72.9 Å². The lowest BCUT2D eigenvalue weighted by Gasteiger charge is -2.11. The van der Waals surface area contributed by atoms with E-state index in [1.807, 2.05) is 24.3 Å². The zero-order valence-corrected chi connectivity index (χ0v) is 21.3. The van der Waals surface area contributed by atoms with E-state index in [0.29, 0.717) is 39.5 Å². The number of aromatic amines is 2. The number of nitrogens with zero attached hydrogens (tertiary/aromatic N) is 4. The van der Waals surface area contributed by atoms with Gasteiger partial charge in [0.1, 0.15) is 22.8 Å². The first-order chi connectivity index (χ1) is 19.5. The Labute approximate surface area is 227 Å². The van der Waals surface area contributed by atoms with E-state index in [9.17, 15) is 14.3 Å². The van der Waals surface area contributed by atoms with Crippen LogP contribution in [0.25, 0.3) is 55.8 Å². The number of rotatable bonds is 5. The quantitative estimate of drug-likeness (QED) is 0.208. The van der Waals surface area contributed by atoms with E-state index in [0.717, 1.165) is 53.8 Å². The molecule has 4 aromatic heterocycles. The number of aromatic nitrogens is 6. The highest BCUT2D eigenvalue weighted by Gasteiger charge is 2.23. The molecule has 0 spiro atoms. The van der Waals surface area contributed by atoms with Gasteiger partial charge in [0.25, 0.3) is 0 Å². The van der Waals surface area contributed by atoms with Crippen molar-refractivity contribution in [2.45, 2.75) is 25.7 Å². The second-order valence-electron chi connectivity index (χ2n) is 10.1. The first kappa shape index (κ1) is 24.0. The Bertz CT molecular complexity index is 1890. The second kappa shape index (κ2) is 9.57. The Morgan fingerprint density at radius 3 is 2.73 bits per heavy atom. The highest BCUT2D eigenvalue weighted by Crippen LogP contribution is 2.34. The van der Waals surface area contributed by atoms with Crippen LogP contribution in [0.5, 0.6) is 5.75 Å². The number of aromatic hydroxyl groups is 1. The van der Waals surface area contributed by atoms with Gasteiger partial charge in [0.15, 0.2) is 11.5 Å². The number of imidazole rings is 1. The van der Waals surface area contributed by atoms with Crippen molar-refractivity contribution in [3.8, 4) is 39.5 Å². The lowest BCUT2D eigenvalue weighted by atomic mass is 10.0. The third kappa shape index (κ3) is 4.33. The van der Waals surface area contributed by atoms with E-state index in [1.165, 1.54) is 12.1 Å². The summed E-state index contributed by atoms with van der Waals surface area (Å²) in [4.78, 5) is 29.4. The lowest BCUT2D eigenvalue weighted by Crippen LogP contribution is -2.20.